The molecule has 3 aromatic carbocycles. The average molecular weight is 479 g/mol. The zero-order valence-electron chi connectivity index (χ0n) is 18.9. The highest BCUT2D eigenvalue weighted by molar-refractivity contribution is 7.87. The Bertz CT molecular complexity index is 1270. The van der Waals surface area contributed by atoms with Crippen LogP contribution in [0.25, 0.3) is 6.08 Å². The summed E-state index contributed by atoms with van der Waals surface area (Å²) in [6.07, 6.45) is 2.17. The number of amides is 2. The fourth-order valence-corrected chi connectivity index (χ4v) is 4.00. The van der Waals surface area contributed by atoms with Gasteiger partial charge in [0.25, 0.3) is 5.91 Å². The molecule has 0 heterocycles. The molecule has 2 N–H and O–H groups in total. The SMILES string of the molecule is CC(=O)N/C(=C\c1ccc(OS(=O)(=O)c2ccc(C)cc2)cc1)C(=O)NCCc1ccccc1. The molecule has 0 aliphatic carbocycles. The van der Waals surface area contributed by atoms with Gasteiger partial charge in [-0.15, -0.1) is 0 Å². The molecule has 0 aliphatic rings. The molecule has 0 saturated carbocycles. The predicted molar refractivity (Wildman–Crippen MR) is 130 cm³/mol. The summed E-state index contributed by atoms with van der Waals surface area (Å²) in [7, 11) is -3.97. The van der Waals surface area contributed by atoms with Gasteiger partial charge in [0.2, 0.25) is 5.91 Å². The Balaban J connectivity index is 1.68. The Morgan fingerprint density at radius 3 is 2.18 bits per heavy atom. The van der Waals surface area contributed by atoms with Crippen LogP contribution >= 0.6 is 0 Å². The van der Waals surface area contributed by atoms with Crippen LogP contribution in [0.4, 0.5) is 0 Å². The van der Waals surface area contributed by atoms with Gasteiger partial charge in [0.15, 0.2) is 0 Å². The number of carbonyl (C=O) groups is 2. The summed E-state index contributed by atoms with van der Waals surface area (Å²) < 4.78 is 30.1. The minimum atomic E-state index is -3.97. The van der Waals surface area contributed by atoms with Gasteiger partial charge >= 0.3 is 10.1 Å². The number of hydrogen-bond donors (Lipinski definition) is 2. The fraction of sp³-hybridized carbons (Fsp3) is 0.154. The van der Waals surface area contributed by atoms with Gasteiger partial charge in [-0.3, -0.25) is 9.59 Å². The zero-order chi connectivity index (χ0) is 24.6. The van der Waals surface area contributed by atoms with Gasteiger partial charge in [-0.2, -0.15) is 8.42 Å². The largest absolute Gasteiger partial charge is 0.379 e. The molecule has 7 nitrogen and oxygen atoms in total. The molecule has 0 atom stereocenters. The molecule has 176 valence electrons. The first-order valence-corrected chi connectivity index (χ1v) is 12.1. The highest BCUT2D eigenvalue weighted by Crippen LogP contribution is 2.20. The van der Waals surface area contributed by atoms with Gasteiger partial charge in [-0.1, -0.05) is 60.2 Å². The summed E-state index contributed by atoms with van der Waals surface area (Å²) >= 11 is 0. The second-order valence-electron chi connectivity index (χ2n) is 7.65. The van der Waals surface area contributed by atoms with E-state index in [1.807, 2.05) is 37.3 Å². The van der Waals surface area contributed by atoms with E-state index in [9.17, 15) is 18.0 Å². The monoisotopic (exact) mass is 478 g/mol. The van der Waals surface area contributed by atoms with E-state index >= 15 is 0 Å². The molecule has 0 aliphatic heterocycles. The lowest BCUT2D eigenvalue weighted by Crippen LogP contribution is -2.34. The second-order valence-corrected chi connectivity index (χ2v) is 9.20. The lowest BCUT2D eigenvalue weighted by Gasteiger charge is -2.10. The molecule has 8 heteroatoms. The summed E-state index contributed by atoms with van der Waals surface area (Å²) in [5.41, 5.74) is 2.70. The van der Waals surface area contributed by atoms with Crippen molar-refractivity contribution in [1.82, 2.24) is 10.6 Å². The van der Waals surface area contributed by atoms with Crippen LogP contribution in [0.2, 0.25) is 0 Å². The molecule has 34 heavy (non-hydrogen) atoms. The number of hydrogen-bond acceptors (Lipinski definition) is 5. The number of aryl methyl sites for hydroxylation is 1. The van der Waals surface area contributed by atoms with Gasteiger partial charge in [0.05, 0.1) is 0 Å². The van der Waals surface area contributed by atoms with Crippen molar-refractivity contribution in [2.45, 2.75) is 25.2 Å². The third-order valence-electron chi connectivity index (χ3n) is 4.80. The summed E-state index contributed by atoms with van der Waals surface area (Å²) in [6.45, 7) is 3.59. The Labute approximate surface area is 199 Å². The summed E-state index contributed by atoms with van der Waals surface area (Å²) in [6, 6.07) is 22.2. The summed E-state index contributed by atoms with van der Waals surface area (Å²) in [5, 5.41) is 5.33. The van der Waals surface area contributed by atoms with E-state index < -0.39 is 16.0 Å². The van der Waals surface area contributed by atoms with Crippen molar-refractivity contribution in [2.75, 3.05) is 6.54 Å². The summed E-state index contributed by atoms with van der Waals surface area (Å²) in [5.74, 6) is -0.673. The normalized spacial score (nSPS) is 11.5. The van der Waals surface area contributed by atoms with Crippen molar-refractivity contribution in [3.8, 4) is 5.75 Å². The Hall–Kier alpha value is -3.91. The third kappa shape index (κ3) is 7.31. The topological polar surface area (TPSA) is 102 Å². The van der Waals surface area contributed by atoms with E-state index in [2.05, 4.69) is 10.6 Å². The van der Waals surface area contributed by atoms with E-state index in [1.165, 1.54) is 37.3 Å². The maximum atomic E-state index is 12.6. The Kier molecular flexibility index (Phi) is 8.21. The minimum Gasteiger partial charge on any atom is -0.379 e. The Morgan fingerprint density at radius 2 is 1.56 bits per heavy atom. The first-order chi connectivity index (χ1) is 16.2. The van der Waals surface area contributed by atoms with Crippen molar-refractivity contribution in [2.24, 2.45) is 0 Å². The highest BCUT2D eigenvalue weighted by atomic mass is 32.2. The van der Waals surface area contributed by atoms with Crippen molar-refractivity contribution in [3.05, 3.63) is 101 Å². The standard InChI is InChI=1S/C26H26N2O5S/c1-19-8-14-24(15-9-19)34(31,32)33-23-12-10-22(11-13-23)18-25(28-20(2)29)26(30)27-17-16-21-6-4-3-5-7-21/h3-15,18H,16-17H2,1-2H3,(H,27,30)(H,28,29)/b25-18-. The molecule has 0 unspecified atom stereocenters. The molecular formula is C26H26N2O5S. The first-order valence-electron chi connectivity index (χ1n) is 10.7. The zero-order valence-corrected chi connectivity index (χ0v) is 19.8. The lowest BCUT2D eigenvalue weighted by molar-refractivity contribution is -0.122. The van der Waals surface area contributed by atoms with E-state index in [0.717, 1.165) is 11.1 Å². The van der Waals surface area contributed by atoms with Crippen molar-refractivity contribution < 1.29 is 22.2 Å². The van der Waals surface area contributed by atoms with E-state index in [0.29, 0.717) is 18.5 Å². The van der Waals surface area contributed by atoms with Crippen LogP contribution in [0.1, 0.15) is 23.6 Å². The molecule has 0 fully saturated rings. The molecule has 0 spiro atoms. The smallest absolute Gasteiger partial charge is 0.339 e. The van der Waals surface area contributed by atoms with Crippen molar-refractivity contribution in [1.29, 1.82) is 0 Å². The molecule has 0 saturated heterocycles. The second kappa shape index (κ2) is 11.3. The highest BCUT2D eigenvalue weighted by Gasteiger charge is 2.16. The fourth-order valence-electron chi connectivity index (χ4n) is 3.07. The molecule has 0 aromatic heterocycles. The van der Waals surface area contributed by atoms with Crippen molar-refractivity contribution >= 4 is 28.0 Å². The van der Waals surface area contributed by atoms with Crippen molar-refractivity contribution in [3.63, 3.8) is 0 Å². The van der Waals surface area contributed by atoms with E-state index in [-0.39, 0.29) is 22.2 Å². The van der Waals surface area contributed by atoms with E-state index in [1.54, 1.807) is 24.3 Å². The molecule has 0 bridgehead atoms. The molecule has 2 amide bonds. The van der Waals surface area contributed by atoms with Crippen LogP contribution in [-0.4, -0.2) is 26.8 Å². The minimum absolute atomic E-state index is 0.0576. The maximum absolute atomic E-state index is 12.6. The van der Waals surface area contributed by atoms with Gasteiger partial charge in [0, 0.05) is 13.5 Å². The van der Waals surface area contributed by atoms with Crippen LogP contribution in [0.3, 0.4) is 0 Å². The van der Waals surface area contributed by atoms with Gasteiger partial charge in [-0.05, 0) is 54.8 Å². The molecular weight excluding hydrogens is 452 g/mol. The quantitative estimate of drug-likeness (QED) is 0.362. The molecule has 0 radical (unpaired) electrons. The third-order valence-corrected chi connectivity index (χ3v) is 6.07. The average Bonchev–Trinajstić information content (AvgIpc) is 2.80. The predicted octanol–water partition coefficient (Wildman–Crippen LogP) is 3.60. The number of nitrogens with one attached hydrogen (secondary N) is 2. The van der Waals surface area contributed by atoms with Crippen LogP contribution in [0.15, 0.2) is 89.5 Å². The number of benzene rings is 3. The van der Waals surface area contributed by atoms with Crippen LogP contribution < -0.4 is 14.8 Å². The summed E-state index contributed by atoms with van der Waals surface area (Å²) in [4.78, 5) is 24.3. The van der Waals surface area contributed by atoms with E-state index in [4.69, 9.17) is 4.18 Å². The Morgan fingerprint density at radius 1 is 0.912 bits per heavy atom. The van der Waals surface area contributed by atoms with Crippen LogP contribution in [0, 0.1) is 6.92 Å². The van der Waals surface area contributed by atoms with Crippen LogP contribution in [0.5, 0.6) is 5.75 Å². The van der Waals surface area contributed by atoms with Gasteiger partial charge in [-0.25, -0.2) is 0 Å². The lowest BCUT2D eigenvalue weighted by atomic mass is 10.1. The molecule has 3 aromatic rings. The van der Waals surface area contributed by atoms with Crippen LogP contribution in [-0.2, 0) is 26.1 Å². The molecule has 3 rings (SSSR count). The van der Waals surface area contributed by atoms with Gasteiger partial charge in [0.1, 0.15) is 16.3 Å². The maximum Gasteiger partial charge on any atom is 0.339 e. The first kappa shape index (κ1) is 24.7. The number of carbonyl (C=O) groups excluding carboxylic acids is 2. The number of rotatable bonds is 9. The van der Waals surface area contributed by atoms with Gasteiger partial charge < -0.3 is 14.8 Å².